The summed E-state index contributed by atoms with van der Waals surface area (Å²) in [5, 5.41) is 2.02. The summed E-state index contributed by atoms with van der Waals surface area (Å²) in [4.78, 5) is 24.3. The maximum Gasteiger partial charge on any atom is 0.417 e. The van der Waals surface area contributed by atoms with E-state index < -0.39 is 28.6 Å². The first-order valence-corrected chi connectivity index (χ1v) is 8.68. The van der Waals surface area contributed by atoms with Gasteiger partial charge in [-0.25, -0.2) is 4.79 Å². The molecule has 0 heterocycles. The molecule has 0 saturated carbocycles. The van der Waals surface area contributed by atoms with E-state index in [1.165, 1.54) is 45.6 Å². The molecule has 1 N–H and O–H groups in total. The van der Waals surface area contributed by atoms with E-state index in [4.69, 9.17) is 25.8 Å². The van der Waals surface area contributed by atoms with Crippen LogP contribution < -0.4 is 14.8 Å². The van der Waals surface area contributed by atoms with Crippen molar-refractivity contribution in [3.63, 3.8) is 0 Å². The second-order valence-electron chi connectivity index (χ2n) is 5.80. The van der Waals surface area contributed by atoms with Crippen LogP contribution in [0.1, 0.15) is 21.5 Å². The molecule has 0 bridgehead atoms. The topological polar surface area (TPSA) is 73.9 Å². The number of amides is 1. The quantitative estimate of drug-likeness (QED) is 0.512. The minimum atomic E-state index is -4.63. The number of nitrogens with one attached hydrogen (secondary N) is 1. The number of benzene rings is 2. The minimum Gasteiger partial charge on any atom is -0.493 e. The summed E-state index contributed by atoms with van der Waals surface area (Å²) in [6, 6.07) is 5.94. The second-order valence-corrected chi connectivity index (χ2v) is 6.21. The van der Waals surface area contributed by atoms with E-state index in [1.54, 1.807) is 0 Å². The van der Waals surface area contributed by atoms with E-state index >= 15 is 0 Å². The number of anilines is 1. The molecule has 0 atom stereocenters. The van der Waals surface area contributed by atoms with Crippen LogP contribution in [-0.4, -0.2) is 33.2 Å². The maximum absolute atomic E-state index is 12.9. The molecule has 2 aromatic carbocycles. The first-order valence-electron chi connectivity index (χ1n) is 8.30. The van der Waals surface area contributed by atoms with Crippen LogP contribution in [0.15, 0.2) is 36.4 Å². The Bertz CT molecular complexity index is 989. The number of rotatable bonds is 6. The summed E-state index contributed by atoms with van der Waals surface area (Å²) in [6.07, 6.45) is -2.43. The lowest BCUT2D eigenvalue weighted by atomic mass is 10.1. The van der Waals surface area contributed by atoms with Gasteiger partial charge in [0, 0.05) is 18.2 Å². The molecule has 2 rings (SSSR count). The highest BCUT2D eigenvalue weighted by Crippen LogP contribution is 2.36. The lowest BCUT2D eigenvalue weighted by molar-refractivity contribution is -0.137. The standard InChI is InChI=1S/C20H17ClF3NO5/c1-28-16-9-12(19(27)30-3)15(10-17(16)29-2)25-18(26)7-5-11-4-6-14(21)13(8-11)20(22,23)24/h4-10H,1-3H3,(H,25,26)/b7-5+. The SMILES string of the molecule is COC(=O)c1cc(OC)c(OC)cc1NC(=O)/C=C/c1ccc(Cl)c(C(F)(F)F)c1. The zero-order valence-corrected chi connectivity index (χ0v) is 16.9. The smallest absolute Gasteiger partial charge is 0.417 e. The third kappa shape index (κ3) is 5.44. The van der Waals surface area contributed by atoms with Gasteiger partial charge in [-0.15, -0.1) is 0 Å². The predicted octanol–water partition coefficient (Wildman–Crippen LogP) is 4.81. The Hall–Kier alpha value is -3.20. The van der Waals surface area contributed by atoms with Gasteiger partial charge < -0.3 is 19.5 Å². The van der Waals surface area contributed by atoms with Crippen molar-refractivity contribution >= 4 is 35.2 Å². The summed E-state index contributed by atoms with van der Waals surface area (Å²) in [7, 11) is 3.92. The number of methoxy groups -OCH3 is 3. The zero-order valence-electron chi connectivity index (χ0n) is 16.1. The molecule has 0 aliphatic heterocycles. The van der Waals surface area contributed by atoms with Gasteiger partial charge >= 0.3 is 12.1 Å². The number of alkyl halides is 3. The van der Waals surface area contributed by atoms with E-state index in [0.717, 1.165) is 18.2 Å². The van der Waals surface area contributed by atoms with Crippen LogP contribution in [0.5, 0.6) is 11.5 Å². The molecule has 2 aromatic rings. The molecule has 0 aromatic heterocycles. The summed E-state index contributed by atoms with van der Waals surface area (Å²) < 4.78 is 53.8. The molecule has 6 nitrogen and oxygen atoms in total. The van der Waals surface area contributed by atoms with Gasteiger partial charge in [-0.2, -0.15) is 13.2 Å². The normalized spacial score (nSPS) is 11.3. The van der Waals surface area contributed by atoms with E-state index in [1.807, 2.05) is 0 Å². The fourth-order valence-electron chi connectivity index (χ4n) is 2.47. The summed E-state index contributed by atoms with van der Waals surface area (Å²) in [6.45, 7) is 0. The van der Waals surface area contributed by atoms with Crippen LogP contribution >= 0.6 is 11.6 Å². The van der Waals surface area contributed by atoms with Gasteiger partial charge in [0.15, 0.2) is 11.5 Å². The Labute approximate surface area is 175 Å². The first kappa shape index (κ1) is 23.1. The van der Waals surface area contributed by atoms with Crippen molar-refractivity contribution in [2.75, 3.05) is 26.6 Å². The fraction of sp³-hybridized carbons (Fsp3) is 0.200. The number of ether oxygens (including phenoxy) is 3. The molecule has 30 heavy (non-hydrogen) atoms. The average Bonchev–Trinajstić information content (AvgIpc) is 2.71. The number of carbonyl (C=O) groups is 2. The Morgan fingerprint density at radius 3 is 2.23 bits per heavy atom. The lowest BCUT2D eigenvalue weighted by Crippen LogP contribution is -2.13. The summed E-state index contributed by atoms with van der Waals surface area (Å²) in [5.74, 6) is -0.942. The highest BCUT2D eigenvalue weighted by Gasteiger charge is 2.33. The van der Waals surface area contributed by atoms with Gasteiger partial charge in [-0.1, -0.05) is 17.7 Å². The monoisotopic (exact) mass is 443 g/mol. The van der Waals surface area contributed by atoms with Crippen molar-refractivity contribution < 1.29 is 37.0 Å². The largest absolute Gasteiger partial charge is 0.493 e. The van der Waals surface area contributed by atoms with Crippen LogP contribution in [0.4, 0.5) is 18.9 Å². The van der Waals surface area contributed by atoms with Crippen LogP contribution in [0.2, 0.25) is 5.02 Å². The number of hydrogen-bond acceptors (Lipinski definition) is 5. The van der Waals surface area contributed by atoms with E-state index in [2.05, 4.69) is 5.32 Å². The van der Waals surface area contributed by atoms with Gasteiger partial charge in [0.2, 0.25) is 5.91 Å². The van der Waals surface area contributed by atoms with Crippen molar-refractivity contribution in [2.24, 2.45) is 0 Å². The number of esters is 1. The van der Waals surface area contributed by atoms with Crippen LogP contribution in [-0.2, 0) is 15.7 Å². The second kappa shape index (κ2) is 9.53. The Morgan fingerprint density at radius 2 is 1.67 bits per heavy atom. The van der Waals surface area contributed by atoms with Gasteiger partial charge in [-0.3, -0.25) is 4.79 Å². The molecule has 160 valence electrons. The van der Waals surface area contributed by atoms with Crippen LogP contribution in [0.3, 0.4) is 0 Å². The summed E-state index contributed by atoms with van der Waals surface area (Å²) >= 11 is 5.58. The van der Waals surface area contributed by atoms with Crippen molar-refractivity contribution in [1.82, 2.24) is 0 Å². The number of hydrogen-bond donors (Lipinski definition) is 1. The predicted molar refractivity (Wildman–Crippen MR) is 105 cm³/mol. The molecule has 0 saturated heterocycles. The lowest BCUT2D eigenvalue weighted by Gasteiger charge is -2.14. The van der Waals surface area contributed by atoms with Gasteiger partial charge in [0.25, 0.3) is 0 Å². The maximum atomic E-state index is 12.9. The summed E-state index contributed by atoms with van der Waals surface area (Å²) in [5.41, 5.74) is -0.828. The fourth-order valence-corrected chi connectivity index (χ4v) is 2.70. The van der Waals surface area contributed by atoms with Crippen molar-refractivity contribution in [1.29, 1.82) is 0 Å². The minimum absolute atomic E-state index is 0.00255. The molecular formula is C20H17ClF3NO5. The molecule has 0 spiro atoms. The van der Waals surface area contributed by atoms with Crippen LogP contribution in [0.25, 0.3) is 6.08 Å². The Balaban J connectivity index is 2.31. The Kier molecular flexibility index (Phi) is 7.33. The van der Waals surface area contributed by atoms with Gasteiger partial charge in [0.05, 0.1) is 43.2 Å². The van der Waals surface area contributed by atoms with Crippen LogP contribution in [0, 0.1) is 0 Å². The average molecular weight is 444 g/mol. The molecule has 0 aliphatic rings. The van der Waals surface area contributed by atoms with Crippen molar-refractivity contribution in [3.8, 4) is 11.5 Å². The highest BCUT2D eigenvalue weighted by molar-refractivity contribution is 6.31. The van der Waals surface area contributed by atoms with Crippen molar-refractivity contribution in [2.45, 2.75) is 6.18 Å². The van der Waals surface area contributed by atoms with E-state index in [9.17, 15) is 22.8 Å². The molecule has 0 fully saturated rings. The number of halogens is 4. The van der Waals surface area contributed by atoms with E-state index in [-0.39, 0.29) is 28.3 Å². The highest BCUT2D eigenvalue weighted by atomic mass is 35.5. The molecular weight excluding hydrogens is 427 g/mol. The molecule has 0 unspecified atom stereocenters. The molecule has 0 radical (unpaired) electrons. The molecule has 1 amide bonds. The molecule has 10 heteroatoms. The zero-order chi connectivity index (χ0) is 22.5. The van der Waals surface area contributed by atoms with Crippen molar-refractivity contribution in [3.05, 3.63) is 58.1 Å². The number of carbonyl (C=O) groups excluding carboxylic acids is 2. The first-order chi connectivity index (χ1) is 14.1. The Morgan fingerprint density at radius 1 is 1.03 bits per heavy atom. The van der Waals surface area contributed by atoms with E-state index in [0.29, 0.717) is 0 Å². The third-order valence-electron chi connectivity index (χ3n) is 3.91. The molecule has 0 aliphatic carbocycles. The van der Waals surface area contributed by atoms with Gasteiger partial charge in [0.1, 0.15) is 0 Å². The van der Waals surface area contributed by atoms with Gasteiger partial charge in [-0.05, 0) is 23.8 Å². The third-order valence-corrected chi connectivity index (χ3v) is 4.24.